The highest BCUT2D eigenvalue weighted by Crippen LogP contribution is 2.59. The molecular formula is C26H35N9. The number of nitrogens with zero attached hydrogens (tertiary/aromatic N) is 7. The number of piperazine rings is 1. The quantitative estimate of drug-likeness (QED) is 0.513. The van der Waals surface area contributed by atoms with Gasteiger partial charge in [0.05, 0.1) is 16.9 Å². The molecule has 0 spiro atoms. The topological polar surface area (TPSA) is 98.8 Å². The van der Waals surface area contributed by atoms with E-state index in [2.05, 4.69) is 84.9 Å². The summed E-state index contributed by atoms with van der Waals surface area (Å²) in [5, 5.41) is 27.7. The molecule has 1 aliphatic heterocycles. The molecule has 2 aromatic heterocycles. The van der Waals surface area contributed by atoms with Gasteiger partial charge in [0.2, 0.25) is 5.82 Å². The standard InChI is InChI=1S/C26H35N9/c1-17(2)9-19-10-22(28-26-12-20(13-26)14-26)24(25-30-32-33-31-25)23(11-19)35-8-7-34(18(3)15-35)16-21-5-4-6-27-29-21/h4-6,10-11,17-18,20,28H,7-9,12-16H2,1-3H3,(H,30,31,32,33)/t18-,20?,26?/m0/s1. The highest BCUT2D eigenvalue weighted by molar-refractivity contribution is 5.87. The maximum Gasteiger partial charge on any atom is 0.208 e. The number of aromatic nitrogens is 6. The fourth-order valence-corrected chi connectivity index (χ4v) is 6.12. The predicted molar refractivity (Wildman–Crippen MR) is 136 cm³/mol. The molecule has 4 aliphatic rings. The van der Waals surface area contributed by atoms with Gasteiger partial charge < -0.3 is 10.2 Å². The first-order valence-electron chi connectivity index (χ1n) is 12.9. The first kappa shape index (κ1) is 22.4. The minimum Gasteiger partial charge on any atom is -0.379 e. The Morgan fingerprint density at radius 3 is 2.66 bits per heavy atom. The van der Waals surface area contributed by atoms with Crippen LogP contribution in [0.25, 0.3) is 11.4 Å². The summed E-state index contributed by atoms with van der Waals surface area (Å²) in [6.07, 6.45) is 6.61. The van der Waals surface area contributed by atoms with Crippen molar-refractivity contribution in [2.75, 3.05) is 29.9 Å². The number of hydrogen-bond donors (Lipinski definition) is 2. The molecule has 9 heteroatoms. The van der Waals surface area contributed by atoms with Crippen molar-refractivity contribution in [2.45, 2.75) is 64.6 Å². The lowest BCUT2D eigenvalue weighted by molar-refractivity contribution is 0.00217. The summed E-state index contributed by atoms with van der Waals surface area (Å²) in [6, 6.07) is 9.10. The van der Waals surface area contributed by atoms with E-state index < -0.39 is 0 Å². The highest BCUT2D eigenvalue weighted by atomic mass is 15.5. The van der Waals surface area contributed by atoms with Gasteiger partial charge in [-0.2, -0.15) is 15.4 Å². The van der Waals surface area contributed by atoms with Crippen molar-refractivity contribution < 1.29 is 0 Å². The lowest BCUT2D eigenvalue weighted by Crippen LogP contribution is -2.63. The molecule has 0 unspecified atom stereocenters. The zero-order chi connectivity index (χ0) is 24.0. The molecule has 3 heterocycles. The first-order chi connectivity index (χ1) is 17.0. The van der Waals surface area contributed by atoms with Gasteiger partial charge in [0.25, 0.3) is 0 Å². The Morgan fingerprint density at radius 2 is 2.03 bits per heavy atom. The molecule has 1 atom stereocenters. The molecule has 3 aromatic rings. The number of H-pyrrole nitrogens is 1. The Balaban J connectivity index is 1.33. The minimum absolute atomic E-state index is 0.263. The van der Waals surface area contributed by atoms with Crippen LogP contribution in [0.5, 0.6) is 0 Å². The molecule has 184 valence electrons. The van der Waals surface area contributed by atoms with E-state index in [1.54, 1.807) is 6.20 Å². The lowest BCUT2D eigenvalue weighted by atomic mass is 9.50. The van der Waals surface area contributed by atoms with Crippen LogP contribution in [0.4, 0.5) is 11.4 Å². The molecular weight excluding hydrogens is 438 g/mol. The lowest BCUT2D eigenvalue weighted by Gasteiger charge is -2.62. The van der Waals surface area contributed by atoms with Crippen LogP contribution in [0.3, 0.4) is 0 Å². The van der Waals surface area contributed by atoms with E-state index in [0.717, 1.165) is 55.5 Å². The van der Waals surface area contributed by atoms with Crippen LogP contribution in [-0.2, 0) is 13.0 Å². The summed E-state index contributed by atoms with van der Waals surface area (Å²) in [7, 11) is 0. The fourth-order valence-electron chi connectivity index (χ4n) is 6.12. The monoisotopic (exact) mass is 473 g/mol. The van der Waals surface area contributed by atoms with Crippen molar-refractivity contribution in [3.8, 4) is 11.4 Å². The zero-order valence-corrected chi connectivity index (χ0v) is 20.9. The van der Waals surface area contributed by atoms with Gasteiger partial charge in [-0.3, -0.25) is 4.90 Å². The van der Waals surface area contributed by atoms with Gasteiger partial charge in [0.15, 0.2) is 0 Å². The summed E-state index contributed by atoms with van der Waals surface area (Å²) in [5.74, 6) is 2.17. The van der Waals surface area contributed by atoms with Crippen LogP contribution in [0.15, 0.2) is 30.5 Å². The van der Waals surface area contributed by atoms with Crippen molar-refractivity contribution in [3.05, 3.63) is 41.7 Å². The number of aromatic amines is 1. The molecule has 2 N–H and O–H groups in total. The van der Waals surface area contributed by atoms with Crippen LogP contribution in [-0.4, -0.2) is 66.9 Å². The van der Waals surface area contributed by atoms with Crippen molar-refractivity contribution in [2.24, 2.45) is 11.8 Å². The Bertz CT molecular complexity index is 1140. The van der Waals surface area contributed by atoms with Crippen LogP contribution in [0, 0.1) is 11.8 Å². The Kier molecular flexibility index (Phi) is 5.67. The Hall–Kier alpha value is -3.07. The molecule has 9 nitrogen and oxygen atoms in total. The van der Waals surface area contributed by atoms with Crippen molar-refractivity contribution >= 4 is 11.4 Å². The second-order valence-corrected chi connectivity index (χ2v) is 11.2. The predicted octanol–water partition coefficient (Wildman–Crippen LogP) is 3.53. The third-order valence-electron chi connectivity index (χ3n) is 7.93. The smallest absolute Gasteiger partial charge is 0.208 e. The minimum atomic E-state index is 0.263. The zero-order valence-electron chi connectivity index (χ0n) is 20.9. The van der Waals surface area contributed by atoms with Crippen molar-refractivity contribution in [3.63, 3.8) is 0 Å². The molecule has 0 radical (unpaired) electrons. The number of hydrogen-bond acceptors (Lipinski definition) is 8. The van der Waals surface area contributed by atoms with Gasteiger partial charge in [-0.25, -0.2) is 0 Å². The van der Waals surface area contributed by atoms with Gasteiger partial charge >= 0.3 is 0 Å². The summed E-state index contributed by atoms with van der Waals surface area (Å²) in [5.41, 5.74) is 6.09. The molecule has 2 bridgehead atoms. The Morgan fingerprint density at radius 1 is 1.17 bits per heavy atom. The van der Waals surface area contributed by atoms with E-state index in [1.807, 2.05) is 6.07 Å². The van der Waals surface area contributed by atoms with Gasteiger partial charge in [-0.15, -0.1) is 10.2 Å². The molecule has 3 aliphatic carbocycles. The molecule has 0 amide bonds. The third-order valence-corrected chi connectivity index (χ3v) is 7.93. The summed E-state index contributed by atoms with van der Waals surface area (Å²) >= 11 is 0. The molecule has 3 saturated carbocycles. The van der Waals surface area contributed by atoms with E-state index in [1.165, 1.54) is 30.5 Å². The van der Waals surface area contributed by atoms with Crippen molar-refractivity contribution in [1.82, 2.24) is 35.7 Å². The second kappa shape index (κ2) is 8.86. The third kappa shape index (κ3) is 4.37. The average molecular weight is 474 g/mol. The number of benzene rings is 1. The largest absolute Gasteiger partial charge is 0.379 e. The molecule has 1 aromatic carbocycles. The maximum absolute atomic E-state index is 4.43. The number of anilines is 2. The van der Waals surface area contributed by atoms with E-state index in [-0.39, 0.29) is 5.54 Å². The molecule has 4 fully saturated rings. The van der Waals surface area contributed by atoms with Crippen LogP contribution in [0.2, 0.25) is 0 Å². The highest BCUT2D eigenvalue weighted by Gasteiger charge is 2.56. The maximum atomic E-state index is 4.43. The first-order valence-corrected chi connectivity index (χ1v) is 12.9. The van der Waals surface area contributed by atoms with E-state index in [4.69, 9.17) is 0 Å². The number of tetrazole rings is 1. The molecule has 35 heavy (non-hydrogen) atoms. The van der Waals surface area contributed by atoms with Crippen LogP contribution >= 0.6 is 0 Å². The number of rotatable bonds is 8. The summed E-state index contributed by atoms with van der Waals surface area (Å²) in [4.78, 5) is 5.01. The number of nitrogens with one attached hydrogen (secondary N) is 2. The van der Waals surface area contributed by atoms with E-state index in [0.29, 0.717) is 17.8 Å². The average Bonchev–Trinajstić information content (AvgIpc) is 3.31. The van der Waals surface area contributed by atoms with Gasteiger partial charge in [-0.1, -0.05) is 13.8 Å². The molecule has 7 rings (SSSR count). The van der Waals surface area contributed by atoms with Crippen LogP contribution < -0.4 is 10.2 Å². The normalized spacial score (nSPS) is 25.9. The van der Waals surface area contributed by atoms with Gasteiger partial charge in [0, 0.05) is 49.6 Å². The van der Waals surface area contributed by atoms with Crippen molar-refractivity contribution in [1.29, 1.82) is 0 Å². The van der Waals surface area contributed by atoms with Gasteiger partial charge in [-0.05, 0) is 79.5 Å². The van der Waals surface area contributed by atoms with Crippen LogP contribution in [0.1, 0.15) is 51.3 Å². The fraction of sp³-hybridized carbons (Fsp3) is 0.577. The van der Waals surface area contributed by atoms with E-state index in [9.17, 15) is 0 Å². The Labute approximate surface area is 206 Å². The molecule has 1 saturated heterocycles. The van der Waals surface area contributed by atoms with E-state index >= 15 is 0 Å². The van der Waals surface area contributed by atoms with Gasteiger partial charge in [0.1, 0.15) is 0 Å². The second-order valence-electron chi connectivity index (χ2n) is 11.2. The SMILES string of the molecule is CC(C)Cc1cc(NC23CC(C2)C3)c(-c2nn[nH]n2)c(N2CCN(Cc3cccnn3)[C@@H](C)C2)c1. The summed E-state index contributed by atoms with van der Waals surface area (Å²) < 4.78 is 0. The summed E-state index contributed by atoms with van der Waals surface area (Å²) in [6.45, 7) is 10.5.